The lowest BCUT2D eigenvalue weighted by Gasteiger charge is -2.12. The number of H-pyrrole nitrogens is 1. The molecule has 2 heterocycles. The molecule has 2 aromatic carbocycles. The molecule has 1 aliphatic rings. The van der Waals surface area contributed by atoms with Crippen LogP contribution in [0.2, 0.25) is 0 Å². The zero-order valence-corrected chi connectivity index (χ0v) is 17.8. The van der Waals surface area contributed by atoms with Crippen molar-refractivity contribution in [1.82, 2.24) is 9.97 Å². The highest BCUT2D eigenvalue weighted by Crippen LogP contribution is 2.44. The topological polar surface area (TPSA) is 84.1 Å². The highest BCUT2D eigenvalue weighted by Gasteiger charge is 2.26. The van der Waals surface area contributed by atoms with Gasteiger partial charge in [0.15, 0.2) is 0 Å². The van der Waals surface area contributed by atoms with Gasteiger partial charge >= 0.3 is 5.97 Å². The Balaban J connectivity index is 1.56. The molecule has 156 valence electrons. The number of esters is 1. The Morgan fingerprint density at radius 1 is 1.06 bits per heavy atom. The largest absolute Gasteiger partial charge is 0.426 e. The Morgan fingerprint density at radius 2 is 1.84 bits per heavy atom. The van der Waals surface area contributed by atoms with E-state index in [2.05, 4.69) is 10.3 Å². The number of aromatic amines is 1. The van der Waals surface area contributed by atoms with E-state index in [1.807, 2.05) is 24.3 Å². The molecular weight excluding hydrogens is 410 g/mol. The number of hydrogen-bond donors (Lipinski definition) is 2. The summed E-state index contributed by atoms with van der Waals surface area (Å²) in [6, 6.07) is 14.7. The van der Waals surface area contributed by atoms with Gasteiger partial charge in [-0.25, -0.2) is 4.98 Å². The van der Waals surface area contributed by atoms with E-state index in [4.69, 9.17) is 9.72 Å². The van der Waals surface area contributed by atoms with Gasteiger partial charge in [-0.3, -0.25) is 9.59 Å². The van der Waals surface area contributed by atoms with E-state index in [9.17, 15) is 9.59 Å². The molecule has 0 saturated carbocycles. The van der Waals surface area contributed by atoms with Crippen molar-refractivity contribution in [2.75, 3.05) is 5.32 Å². The third-order valence-electron chi connectivity index (χ3n) is 5.41. The summed E-state index contributed by atoms with van der Waals surface area (Å²) in [6.45, 7) is 1.32. The maximum absolute atomic E-state index is 13.2. The number of fused-ring (bicyclic) bond motifs is 2. The van der Waals surface area contributed by atoms with Crippen LogP contribution in [0.1, 0.15) is 40.6 Å². The van der Waals surface area contributed by atoms with Gasteiger partial charge in [-0.15, -0.1) is 11.3 Å². The number of carbonyl (C=O) groups is 2. The van der Waals surface area contributed by atoms with Gasteiger partial charge in [0.1, 0.15) is 16.6 Å². The second kappa shape index (κ2) is 8.00. The standard InChI is InChI=1S/C24H21N3O3S/c1-14(28)30-19-12-6-2-8-15(19)23(29)27-24-21(16-9-3-7-13-20(16)31-24)22-25-17-10-4-5-11-18(17)26-22/h2,4-6,8,10-12H,3,7,9,13H2,1H3,(H,25,26)(H,27,29). The average molecular weight is 432 g/mol. The number of benzene rings is 2. The Bertz CT molecular complexity index is 1270. The zero-order valence-electron chi connectivity index (χ0n) is 17.0. The van der Waals surface area contributed by atoms with Crippen molar-refractivity contribution in [3.05, 3.63) is 64.5 Å². The third kappa shape index (κ3) is 3.72. The Hall–Kier alpha value is -3.45. The van der Waals surface area contributed by atoms with Gasteiger partial charge in [0, 0.05) is 11.8 Å². The molecule has 0 saturated heterocycles. The minimum Gasteiger partial charge on any atom is -0.426 e. The molecule has 0 bridgehead atoms. The van der Waals surface area contributed by atoms with Crippen LogP contribution >= 0.6 is 11.3 Å². The molecule has 4 aromatic rings. The number of imidazole rings is 1. The number of ether oxygens (including phenoxy) is 1. The van der Waals surface area contributed by atoms with Gasteiger partial charge in [-0.2, -0.15) is 0 Å². The molecule has 0 unspecified atom stereocenters. The highest BCUT2D eigenvalue weighted by atomic mass is 32.1. The van der Waals surface area contributed by atoms with E-state index in [0.29, 0.717) is 5.56 Å². The van der Waals surface area contributed by atoms with E-state index < -0.39 is 5.97 Å². The minimum atomic E-state index is -0.463. The molecule has 5 rings (SSSR count). The maximum Gasteiger partial charge on any atom is 0.308 e. The molecular formula is C24H21N3O3S. The first kappa shape index (κ1) is 19.5. The second-order valence-corrected chi connectivity index (χ2v) is 8.67. The number of amides is 1. The normalized spacial score (nSPS) is 13.1. The molecule has 6 nitrogen and oxygen atoms in total. The van der Waals surface area contributed by atoms with Crippen molar-refractivity contribution in [3.63, 3.8) is 0 Å². The summed E-state index contributed by atoms with van der Waals surface area (Å²) < 4.78 is 5.23. The Labute approximate surface area is 183 Å². The van der Waals surface area contributed by atoms with Crippen LogP contribution in [-0.2, 0) is 17.6 Å². The molecule has 1 amide bonds. The van der Waals surface area contributed by atoms with E-state index in [0.717, 1.165) is 53.1 Å². The molecule has 2 N–H and O–H groups in total. The van der Waals surface area contributed by atoms with Crippen LogP contribution in [0.5, 0.6) is 5.75 Å². The monoisotopic (exact) mass is 431 g/mol. The molecule has 0 spiro atoms. The van der Waals surface area contributed by atoms with Gasteiger partial charge in [-0.05, 0) is 55.5 Å². The SMILES string of the molecule is CC(=O)Oc1ccccc1C(=O)Nc1sc2c(c1-c1nc3ccccc3[nH]1)CCCC2. The van der Waals surface area contributed by atoms with E-state index in [1.165, 1.54) is 17.4 Å². The highest BCUT2D eigenvalue weighted by molar-refractivity contribution is 7.17. The molecule has 0 aliphatic heterocycles. The lowest BCUT2D eigenvalue weighted by molar-refractivity contribution is -0.131. The molecule has 7 heteroatoms. The van der Waals surface area contributed by atoms with E-state index in [1.54, 1.807) is 35.6 Å². The number of nitrogens with zero attached hydrogens (tertiary/aromatic N) is 1. The maximum atomic E-state index is 13.2. The first-order valence-electron chi connectivity index (χ1n) is 10.3. The first-order chi connectivity index (χ1) is 15.1. The van der Waals surface area contributed by atoms with Crippen LogP contribution in [-0.4, -0.2) is 21.8 Å². The number of carbonyl (C=O) groups excluding carboxylic acids is 2. The summed E-state index contributed by atoms with van der Waals surface area (Å²) in [4.78, 5) is 34.1. The van der Waals surface area contributed by atoms with Gasteiger partial charge in [0.25, 0.3) is 5.91 Å². The van der Waals surface area contributed by atoms with Crippen LogP contribution in [0.15, 0.2) is 48.5 Å². The number of aryl methyl sites for hydroxylation is 1. The average Bonchev–Trinajstić information content (AvgIpc) is 3.34. The van der Waals surface area contributed by atoms with Crippen LogP contribution in [0.4, 0.5) is 5.00 Å². The first-order valence-corrected chi connectivity index (χ1v) is 11.1. The fourth-order valence-corrected chi connectivity index (χ4v) is 5.33. The second-order valence-electron chi connectivity index (χ2n) is 7.56. The molecule has 31 heavy (non-hydrogen) atoms. The van der Waals surface area contributed by atoms with E-state index >= 15 is 0 Å². The van der Waals surface area contributed by atoms with Crippen molar-refractivity contribution in [2.45, 2.75) is 32.6 Å². The number of nitrogens with one attached hydrogen (secondary N) is 2. The third-order valence-corrected chi connectivity index (χ3v) is 6.62. The molecule has 2 aromatic heterocycles. The van der Waals surface area contributed by atoms with Crippen molar-refractivity contribution in [2.24, 2.45) is 0 Å². The summed E-state index contributed by atoms with van der Waals surface area (Å²) in [6.07, 6.45) is 4.25. The minimum absolute atomic E-state index is 0.249. The quantitative estimate of drug-likeness (QED) is 0.337. The lowest BCUT2D eigenvalue weighted by Crippen LogP contribution is -2.14. The molecule has 0 radical (unpaired) electrons. The van der Waals surface area contributed by atoms with Gasteiger partial charge < -0.3 is 15.0 Å². The summed E-state index contributed by atoms with van der Waals surface area (Å²) in [5, 5.41) is 3.84. The number of thiophene rings is 1. The fraction of sp³-hybridized carbons (Fsp3) is 0.208. The predicted octanol–water partition coefficient (Wildman–Crippen LogP) is 5.35. The number of rotatable bonds is 4. The number of aromatic nitrogens is 2. The number of para-hydroxylation sites is 3. The van der Waals surface area contributed by atoms with Crippen LogP contribution in [0.25, 0.3) is 22.4 Å². The van der Waals surface area contributed by atoms with E-state index in [-0.39, 0.29) is 11.7 Å². The van der Waals surface area contributed by atoms with Crippen LogP contribution in [0, 0.1) is 0 Å². The van der Waals surface area contributed by atoms with Crippen molar-refractivity contribution in [1.29, 1.82) is 0 Å². The Morgan fingerprint density at radius 3 is 2.68 bits per heavy atom. The molecule has 1 aliphatic carbocycles. The summed E-state index contributed by atoms with van der Waals surface area (Å²) in [5.41, 5.74) is 4.41. The summed E-state index contributed by atoms with van der Waals surface area (Å²) in [7, 11) is 0. The van der Waals surface area contributed by atoms with Crippen LogP contribution < -0.4 is 10.1 Å². The zero-order chi connectivity index (χ0) is 21.4. The summed E-state index contributed by atoms with van der Waals surface area (Å²) >= 11 is 1.61. The van der Waals surface area contributed by atoms with Crippen molar-refractivity contribution < 1.29 is 14.3 Å². The Kier molecular flexibility index (Phi) is 5.03. The number of anilines is 1. The van der Waals surface area contributed by atoms with Crippen LogP contribution in [0.3, 0.4) is 0 Å². The smallest absolute Gasteiger partial charge is 0.308 e. The van der Waals surface area contributed by atoms with Gasteiger partial charge in [-0.1, -0.05) is 24.3 Å². The lowest BCUT2D eigenvalue weighted by atomic mass is 9.95. The summed E-state index contributed by atoms with van der Waals surface area (Å²) in [5.74, 6) is 0.242. The van der Waals surface area contributed by atoms with Gasteiger partial charge in [0.05, 0.1) is 22.2 Å². The fourth-order valence-electron chi connectivity index (χ4n) is 4.04. The van der Waals surface area contributed by atoms with Crippen molar-refractivity contribution >= 4 is 39.2 Å². The predicted molar refractivity (Wildman–Crippen MR) is 122 cm³/mol. The molecule has 0 fully saturated rings. The number of hydrogen-bond acceptors (Lipinski definition) is 5. The van der Waals surface area contributed by atoms with Gasteiger partial charge in [0.2, 0.25) is 0 Å². The van der Waals surface area contributed by atoms with Crippen molar-refractivity contribution in [3.8, 4) is 17.1 Å². The molecule has 0 atom stereocenters.